The zero-order chi connectivity index (χ0) is 18.9. The second-order valence-corrected chi connectivity index (χ2v) is 6.96. The van der Waals surface area contributed by atoms with Crippen LogP contribution in [0.4, 0.5) is 0 Å². The number of fused-ring (bicyclic) bond motifs is 3. The Morgan fingerprint density at radius 3 is 1.79 bits per heavy atom. The van der Waals surface area contributed by atoms with Gasteiger partial charge in [0.1, 0.15) is 0 Å². The zero-order valence-corrected chi connectivity index (χ0v) is 15.3. The van der Waals surface area contributed by atoms with Crippen LogP contribution >= 0.6 is 0 Å². The van der Waals surface area contributed by atoms with Crippen molar-refractivity contribution in [3.8, 4) is 0 Å². The van der Waals surface area contributed by atoms with Crippen molar-refractivity contribution in [2.75, 3.05) is 0 Å². The largest absolute Gasteiger partial charge is 0.289 e. The van der Waals surface area contributed by atoms with Crippen LogP contribution in [0.5, 0.6) is 0 Å². The molecule has 5 aromatic rings. The van der Waals surface area contributed by atoms with E-state index in [1.165, 1.54) is 10.8 Å². The molecule has 0 heterocycles. The molecule has 0 aliphatic carbocycles. The number of ketones is 1. The summed E-state index contributed by atoms with van der Waals surface area (Å²) in [5.41, 5.74) is 1.82. The lowest BCUT2D eigenvalue weighted by Crippen LogP contribution is -1.95. The van der Waals surface area contributed by atoms with Gasteiger partial charge in [-0.15, -0.1) is 0 Å². The average Bonchev–Trinajstić information content (AvgIpc) is 2.76. The van der Waals surface area contributed by atoms with Gasteiger partial charge in [-0.1, -0.05) is 91.0 Å². The molecule has 0 aromatic heterocycles. The highest BCUT2D eigenvalue weighted by molar-refractivity contribution is 6.16. The number of rotatable bonds is 3. The third-order valence-corrected chi connectivity index (χ3v) is 5.27. The predicted molar refractivity (Wildman–Crippen MR) is 119 cm³/mol. The lowest BCUT2D eigenvalue weighted by molar-refractivity contribution is 0.104. The lowest BCUT2D eigenvalue weighted by atomic mass is 9.95. The fourth-order valence-corrected chi connectivity index (χ4v) is 3.92. The third kappa shape index (κ3) is 2.78. The van der Waals surface area contributed by atoms with Crippen LogP contribution in [0.3, 0.4) is 0 Å². The Labute approximate surface area is 163 Å². The first kappa shape index (κ1) is 16.5. The van der Waals surface area contributed by atoms with Gasteiger partial charge in [-0.25, -0.2) is 0 Å². The van der Waals surface area contributed by atoms with E-state index < -0.39 is 0 Å². The molecule has 0 atom stereocenters. The Morgan fingerprint density at radius 1 is 0.571 bits per heavy atom. The summed E-state index contributed by atoms with van der Waals surface area (Å²) in [5, 5.41) is 6.74. The van der Waals surface area contributed by atoms with Gasteiger partial charge < -0.3 is 0 Å². The molecule has 0 radical (unpaired) electrons. The minimum Gasteiger partial charge on any atom is -0.289 e. The van der Waals surface area contributed by atoms with Gasteiger partial charge in [-0.05, 0) is 56.1 Å². The summed E-state index contributed by atoms with van der Waals surface area (Å²) >= 11 is 0. The number of carbonyl (C=O) groups excluding carboxylic acids is 1. The fourth-order valence-electron chi connectivity index (χ4n) is 3.92. The van der Waals surface area contributed by atoms with Crippen molar-refractivity contribution in [2.24, 2.45) is 0 Å². The molecule has 1 heteroatoms. The van der Waals surface area contributed by atoms with E-state index in [1.807, 2.05) is 72.8 Å². The number of allylic oxidation sites excluding steroid dienone is 1. The van der Waals surface area contributed by atoms with Crippen molar-refractivity contribution < 1.29 is 4.79 Å². The Bertz CT molecular complexity index is 1320. The number of benzene rings is 5. The molecule has 0 fully saturated rings. The van der Waals surface area contributed by atoms with E-state index in [0.717, 1.165) is 32.7 Å². The maximum atomic E-state index is 13.0. The van der Waals surface area contributed by atoms with E-state index >= 15 is 0 Å². The standard InChI is InChI=1S/C27H18O/c28-27(26-15-7-11-19-8-1-4-12-22(19)26)17-16-25-23-13-5-2-9-20(23)18-21-10-3-6-14-24(21)25/h1-18H. The Kier molecular flexibility index (Phi) is 3.99. The Hall–Kier alpha value is -3.71. The maximum Gasteiger partial charge on any atom is 0.186 e. The van der Waals surface area contributed by atoms with Crippen molar-refractivity contribution in [1.82, 2.24) is 0 Å². The zero-order valence-electron chi connectivity index (χ0n) is 15.3. The van der Waals surface area contributed by atoms with Crippen molar-refractivity contribution in [2.45, 2.75) is 0 Å². The number of hydrogen-bond donors (Lipinski definition) is 0. The first-order chi connectivity index (χ1) is 13.8. The maximum absolute atomic E-state index is 13.0. The van der Waals surface area contributed by atoms with Crippen LogP contribution in [0.2, 0.25) is 0 Å². The van der Waals surface area contributed by atoms with E-state index in [4.69, 9.17) is 0 Å². The van der Waals surface area contributed by atoms with Gasteiger partial charge in [0.15, 0.2) is 5.78 Å². The first-order valence-corrected chi connectivity index (χ1v) is 9.42. The predicted octanol–water partition coefficient (Wildman–Crippen LogP) is 7.04. The highest BCUT2D eigenvalue weighted by Crippen LogP contribution is 2.30. The molecule has 132 valence electrons. The number of carbonyl (C=O) groups is 1. The van der Waals surface area contributed by atoms with Gasteiger partial charge in [-0.3, -0.25) is 4.79 Å². The molecule has 0 aliphatic rings. The summed E-state index contributed by atoms with van der Waals surface area (Å²) in [5.74, 6) is 0.0221. The molecule has 0 unspecified atom stereocenters. The van der Waals surface area contributed by atoms with E-state index in [2.05, 4.69) is 30.3 Å². The molecular weight excluding hydrogens is 340 g/mol. The van der Waals surface area contributed by atoms with E-state index in [9.17, 15) is 4.79 Å². The summed E-state index contributed by atoms with van der Waals surface area (Å²) in [7, 11) is 0. The lowest BCUT2D eigenvalue weighted by Gasteiger charge is -2.08. The number of hydrogen-bond acceptors (Lipinski definition) is 1. The molecule has 0 amide bonds. The summed E-state index contributed by atoms with van der Waals surface area (Å²) in [6.07, 6.45) is 3.67. The highest BCUT2D eigenvalue weighted by Gasteiger charge is 2.09. The van der Waals surface area contributed by atoms with Crippen LogP contribution in [0.25, 0.3) is 38.4 Å². The average molecular weight is 358 g/mol. The smallest absolute Gasteiger partial charge is 0.186 e. The van der Waals surface area contributed by atoms with E-state index in [0.29, 0.717) is 0 Å². The normalized spacial score (nSPS) is 11.6. The van der Waals surface area contributed by atoms with E-state index in [1.54, 1.807) is 6.08 Å². The molecule has 0 spiro atoms. The molecule has 5 rings (SSSR count). The molecule has 0 saturated heterocycles. The van der Waals surface area contributed by atoms with Gasteiger partial charge in [-0.2, -0.15) is 0 Å². The van der Waals surface area contributed by atoms with Gasteiger partial charge >= 0.3 is 0 Å². The van der Waals surface area contributed by atoms with Crippen molar-refractivity contribution >= 4 is 44.2 Å². The van der Waals surface area contributed by atoms with Crippen LogP contribution in [0.15, 0.2) is 103 Å². The summed E-state index contributed by atoms with van der Waals surface area (Å²) in [4.78, 5) is 13.0. The summed E-state index contributed by atoms with van der Waals surface area (Å²) in [6.45, 7) is 0. The molecule has 1 nitrogen and oxygen atoms in total. The monoisotopic (exact) mass is 358 g/mol. The topological polar surface area (TPSA) is 17.1 Å². The van der Waals surface area contributed by atoms with Crippen LogP contribution in [0, 0.1) is 0 Å². The molecule has 5 aromatic carbocycles. The van der Waals surface area contributed by atoms with Crippen molar-refractivity contribution in [3.63, 3.8) is 0 Å². The van der Waals surface area contributed by atoms with Crippen LogP contribution in [-0.2, 0) is 0 Å². The minimum absolute atomic E-state index is 0.0221. The van der Waals surface area contributed by atoms with Gasteiger partial charge in [0.2, 0.25) is 0 Å². The van der Waals surface area contributed by atoms with Crippen LogP contribution < -0.4 is 0 Å². The summed E-state index contributed by atoms with van der Waals surface area (Å²) in [6, 6.07) is 32.7. The SMILES string of the molecule is O=C(C=Cc1c2ccccc2cc2ccccc12)c1cccc2ccccc12. The van der Waals surface area contributed by atoms with Crippen molar-refractivity contribution in [3.05, 3.63) is 114 Å². The molecule has 0 bridgehead atoms. The van der Waals surface area contributed by atoms with Crippen LogP contribution in [-0.4, -0.2) is 5.78 Å². The van der Waals surface area contributed by atoms with Gasteiger partial charge in [0, 0.05) is 5.56 Å². The van der Waals surface area contributed by atoms with E-state index in [-0.39, 0.29) is 5.78 Å². The second kappa shape index (κ2) is 6.79. The Morgan fingerprint density at radius 2 is 1.11 bits per heavy atom. The Balaban J connectivity index is 1.66. The highest BCUT2D eigenvalue weighted by atomic mass is 16.1. The van der Waals surface area contributed by atoms with Crippen LogP contribution in [0.1, 0.15) is 15.9 Å². The van der Waals surface area contributed by atoms with Gasteiger partial charge in [0.05, 0.1) is 0 Å². The minimum atomic E-state index is 0.0221. The third-order valence-electron chi connectivity index (χ3n) is 5.27. The molecule has 0 saturated carbocycles. The molecule has 28 heavy (non-hydrogen) atoms. The summed E-state index contributed by atoms with van der Waals surface area (Å²) < 4.78 is 0. The van der Waals surface area contributed by atoms with Gasteiger partial charge in [0.25, 0.3) is 0 Å². The molecule has 0 N–H and O–H groups in total. The fraction of sp³-hybridized carbons (Fsp3) is 0. The quantitative estimate of drug-likeness (QED) is 0.192. The van der Waals surface area contributed by atoms with Crippen molar-refractivity contribution in [1.29, 1.82) is 0 Å². The molecular formula is C27H18O. The molecule has 0 aliphatic heterocycles. The first-order valence-electron chi connectivity index (χ1n) is 9.42. The second-order valence-electron chi connectivity index (χ2n) is 6.96.